The summed E-state index contributed by atoms with van der Waals surface area (Å²) in [6.07, 6.45) is 1.48. The molecular formula is C10H23NO2. The van der Waals surface area contributed by atoms with Crippen molar-refractivity contribution in [1.82, 2.24) is 0 Å². The molecule has 0 rings (SSSR count). The first-order valence-corrected chi connectivity index (χ1v) is 5.02. The quantitative estimate of drug-likeness (QED) is 0.591. The zero-order valence-electron chi connectivity index (χ0n) is 9.05. The van der Waals surface area contributed by atoms with Gasteiger partial charge < -0.3 is 15.6 Å². The molecule has 0 aromatic rings. The van der Waals surface area contributed by atoms with Crippen LogP contribution < -0.4 is 5.73 Å². The fourth-order valence-corrected chi connectivity index (χ4v) is 1.03. The van der Waals surface area contributed by atoms with Gasteiger partial charge in [-0.05, 0) is 19.8 Å². The average Bonchev–Trinajstić information content (AvgIpc) is 2.12. The van der Waals surface area contributed by atoms with Gasteiger partial charge in [0.25, 0.3) is 0 Å². The van der Waals surface area contributed by atoms with Crippen LogP contribution in [0.15, 0.2) is 0 Å². The van der Waals surface area contributed by atoms with E-state index >= 15 is 0 Å². The molecule has 80 valence electrons. The third kappa shape index (κ3) is 4.60. The minimum absolute atomic E-state index is 0.201. The van der Waals surface area contributed by atoms with Crippen molar-refractivity contribution in [3.05, 3.63) is 0 Å². The maximum Gasteiger partial charge on any atom is 0.0578 e. The Kier molecular flexibility index (Phi) is 6.29. The zero-order valence-corrected chi connectivity index (χ0v) is 9.05. The number of hydrogen-bond donors (Lipinski definition) is 2. The predicted octanol–water partition coefficient (Wildman–Crippen LogP) is 1.15. The third-order valence-corrected chi connectivity index (χ3v) is 2.64. The van der Waals surface area contributed by atoms with Gasteiger partial charge in [-0.2, -0.15) is 0 Å². The highest BCUT2D eigenvalue weighted by Crippen LogP contribution is 2.24. The highest BCUT2D eigenvalue weighted by Gasteiger charge is 2.27. The van der Waals surface area contributed by atoms with Crippen LogP contribution in [-0.4, -0.2) is 31.0 Å². The van der Waals surface area contributed by atoms with E-state index in [4.69, 9.17) is 10.5 Å². The summed E-state index contributed by atoms with van der Waals surface area (Å²) in [5, 5.41) is 9.49. The van der Waals surface area contributed by atoms with Gasteiger partial charge >= 0.3 is 0 Å². The van der Waals surface area contributed by atoms with E-state index in [0.29, 0.717) is 13.2 Å². The van der Waals surface area contributed by atoms with E-state index in [0.717, 1.165) is 19.4 Å². The van der Waals surface area contributed by atoms with Gasteiger partial charge in [-0.15, -0.1) is 0 Å². The molecule has 0 bridgehead atoms. The third-order valence-electron chi connectivity index (χ3n) is 2.64. The van der Waals surface area contributed by atoms with E-state index in [9.17, 15) is 5.11 Å². The number of nitrogens with two attached hydrogens (primary N) is 1. The molecule has 0 aromatic carbocycles. The minimum Gasteiger partial charge on any atom is -0.393 e. The maximum atomic E-state index is 9.49. The normalized spacial score (nSPS) is 18.2. The molecule has 0 saturated carbocycles. The summed E-state index contributed by atoms with van der Waals surface area (Å²) < 4.78 is 5.36. The van der Waals surface area contributed by atoms with Crippen LogP contribution in [0.3, 0.4) is 0 Å². The fourth-order valence-electron chi connectivity index (χ4n) is 1.03. The molecule has 0 aromatic heterocycles. The second-order valence-electron chi connectivity index (χ2n) is 3.90. The molecule has 0 fully saturated rings. The van der Waals surface area contributed by atoms with Crippen molar-refractivity contribution < 1.29 is 9.84 Å². The number of ether oxygens (including phenoxy) is 1. The van der Waals surface area contributed by atoms with E-state index in [2.05, 4.69) is 6.92 Å². The maximum absolute atomic E-state index is 9.49. The molecule has 0 radical (unpaired) electrons. The van der Waals surface area contributed by atoms with Gasteiger partial charge in [0.05, 0.1) is 6.10 Å². The van der Waals surface area contributed by atoms with Crippen LogP contribution >= 0.6 is 0 Å². The number of hydrogen-bond acceptors (Lipinski definition) is 3. The van der Waals surface area contributed by atoms with Crippen molar-refractivity contribution in [3.63, 3.8) is 0 Å². The lowest BCUT2D eigenvalue weighted by atomic mass is 9.82. The number of rotatable bonds is 7. The topological polar surface area (TPSA) is 55.5 Å². The molecule has 3 heteroatoms. The zero-order chi connectivity index (χ0) is 10.3. The molecule has 0 heterocycles. The SMILES string of the molecule is CCCOCCC(C)(CN)C(C)O. The molecule has 3 N–H and O–H groups in total. The Balaban J connectivity index is 3.71. The monoisotopic (exact) mass is 189 g/mol. The molecule has 2 unspecified atom stereocenters. The van der Waals surface area contributed by atoms with Crippen molar-refractivity contribution in [1.29, 1.82) is 0 Å². The summed E-state index contributed by atoms with van der Waals surface area (Å²) >= 11 is 0. The first-order valence-electron chi connectivity index (χ1n) is 5.02. The molecule has 3 nitrogen and oxygen atoms in total. The Morgan fingerprint density at radius 3 is 2.46 bits per heavy atom. The minimum atomic E-state index is -0.372. The lowest BCUT2D eigenvalue weighted by Crippen LogP contribution is -2.38. The van der Waals surface area contributed by atoms with Crippen molar-refractivity contribution in [3.8, 4) is 0 Å². The van der Waals surface area contributed by atoms with Crippen molar-refractivity contribution >= 4 is 0 Å². The van der Waals surface area contributed by atoms with Crippen LogP contribution in [-0.2, 0) is 4.74 Å². The van der Waals surface area contributed by atoms with Crippen molar-refractivity contribution in [2.75, 3.05) is 19.8 Å². The second kappa shape index (κ2) is 6.35. The Morgan fingerprint density at radius 2 is 2.08 bits per heavy atom. The Morgan fingerprint density at radius 1 is 1.46 bits per heavy atom. The Labute approximate surface area is 81.3 Å². The molecule has 0 aliphatic heterocycles. The van der Waals surface area contributed by atoms with E-state index in [1.807, 2.05) is 6.92 Å². The molecule has 13 heavy (non-hydrogen) atoms. The van der Waals surface area contributed by atoms with E-state index < -0.39 is 0 Å². The summed E-state index contributed by atoms with van der Waals surface area (Å²) in [5.41, 5.74) is 5.41. The first-order chi connectivity index (χ1) is 6.06. The van der Waals surface area contributed by atoms with Crippen LogP contribution in [0, 0.1) is 5.41 Å². The largest absolute Gasteiger partial charge is 0.393 e. The highest BCUT2D eigenvalue weighted by molar-refractivity contribution is 4.80. The highest BCUT2D eigenvalue weighted by atomic mass is 16.5. The van der Waals surface area contributed by atoms with E-state index in [-0.39, 0.29) is 11.5 Å². The van der Waals surface area contributed by atoms with Gasteiger partial charge in [0, 0.05) is 25.2 Å². The van der Waals surface area contributed by atoms with Crippen LogP contribution in [0.1, 0.15) is 33.6 Å². The predicted molar refractivity (Wildman–Crippen MR) is 54.6 cm³/mol. The second-order valence-corrected chi connectivity index (χ2v) is 3.90. The standard InChI is InChI=1S/C10H23NO2/c1-4-6-13-7-5-10(3,8-11)9(2)12/h9,12H,4-8,11H2,1-3H3. The fraction of sp³-hybridized carbons (Fsp3) is 1.00. The van der Waals surface area contributed by atoms with Gasteiger partial charge in [-0.3, -0.25) is 0 Å². The summed E-state index contributed by atoms with van der Waals surface area (Å²) in [6, 6.07) is 0. The number of aliphatic hydroxyl groups excluding tert-OH is 1. The summed E-state index contributed by atoms with van der Waals surface area (Å²) in [4.78, 5) is 0. The summed E-state index contributed by atoms with van der Waals surface area (Å²) in [7, 11) is 0. The molecule has 0 saturated heterocycles. The molecule has 2 atom stereocenters. The van der Waals surface area contributed by atoms with Gasteiger partial charge in [0.2, 0.25) is 0 Å². The Bertz CT molecular complexity index is 128. The number of aliphatic hydroxyl groups is 1. The van der Waals surface area contributed by atoms with Gasteiger partial charge in [-0.1, -0.05) is 13.8 Å². The lowest BCUT2D eigenvalue weighted by Gasteiger charge is -2.30. The van der Waals surface area contributed by atoms with Crippen LogP contribution in [0.2, 0.25) is 0 Å². The molecular weight excluding hydrogens is 166 g/mol. The van der Waals surface area contributed by atoms with Crippen LogP contribution in [0.25, 0.3) is 0 Å². The van der Waals surface area contributed by atoms with E-state index in [1.165, 1.54) is 0 Å². The molecule has 0 spiro atoms. The first kappa shape index (κ1) is 12.9. The lowest BCUT2D eigenvalue weighted by molar-refractivity contribution is 0.0219. The van der Waals surface area contributed by atoms with Gasteiger partial charge in [0.15, 0.2) is 0 Å². The Hall–Kier alpha value is -0.120. The smallest absolute Gasteiger partial charge is 0.0578 e. The summed E-state index contributed by atoms with van der Waals surface area (Å²) in [6.45, 7) is 7.84. The van der Waals surface area contributed by atoms with Gasteiger partial charge in [0.1, 0.15) is 0 Å². The molecule has 0 aliphatic rings. The molecule has 0 amide bonds. The molecule has 0 aliphatic carbocycles. The average molecular weight is 189 g/mol. The van der Waals surface area contributed by atoms with E-state index in [1.54, 1.807) is 6.92 Å². The van der Waals surface area contributed by atoms with Gasteiger partial charge in [-0.25, -0.2) is 0 Å². The van der Waals surface area contributed by atoms with Crippen molar-refractivity contribution in [2.45, 2.75) is 39.7 Å². The summed E-state index contributed by atoms with van der Waals surface area (Å²) in [5.74, 6) is 0. The van der Waals surface area contributed by atoms with Crippen LogP contribution in [0.4, 0.5) is 0 Å². The van der Waals surface area contributed by atoms with Crippen molar-refractivity contribution in [2.24, 2.45) is 11.1 Å². The van der Waals surface area contributed by atoms with Crippen LogP contribution in [0.5, 0.6) is 0 Å².